The van der Waals surface area contributed by atoms with E-state index in [4.69, 9.17) is 0 Å². The molecule has 17 heavy (non-hydrogen) atoms. The van der Waals surface area contributed by atoms with E-state index in [1.165, 1.54) is 5.57 Å². The Hall–Kier alpha value is -1.26. The Morgan fingerprint density at radius 2 is 1.82 bits per heavy atom. The lowest BCUT2D eigenvalue weighted by Gasteiger charge is -2.24. The van der Waals surface area contributed by atoms with Crippen LogP contribution in [0.15, 0.2) is 53.8 Å². The van der Waals surface area contributed by atoms with Crippen molar-refractivity contribution in [2.45, 2.75) is 41.5 Å². The van der Waals surface area contributed by atoms with Gasteiger partial charge in [-0.1, -0.05) is 58.1 Å². The minimum atomic E-state index is 0.316. The van der Waals surface area contributed by atoms with E-state index >= 15 is 0 Å². The van der Waals surface area contributed by atoms with E-state index in [1.54, 1.807) is 0 Å². The summed E-state index contributed by atoms with van der Waals surface area (Å²) < 4.78 is 0. The highest BCUT2D eigenvalue weighted by atomic mass is 14.2. The van der Waals surface area contributed by atoms with Gasteiger partial charge in [-0.25, -0.2) is 0 Å². The average Bonchev–Trinajstić information content (AvgIpc) is 2.22. The summed E-state index contributed by atoms with van der Waals surface area (Å²) in [6, 6.07) is 0. The minimum Gasteiger partial charge on any atom is -0.125 e. The van der Waals surface area contributed by atoms with Crippen LogP contribution in [-0.2, 0) is 0 Å². The van der Waals surface area contributed by atoms with Gasteiger partial charge in [0.1, 0.15) is 0 Å². The molecule has 0 aromatic rings. The van der Waals surface area contributed by atoms with Crippen LogP contribution in [0.4, 0.5) is 0 Å². The zero-order valence-electron chi connectivity index (χ0n) is 12.2. The van der Waals surface area contributed by atoms with Gasteiger partial charge >= 0.3 is 0 Å². The van der Waals surface area contributed by atoms with E-state index in [0.717, 1.165) is 5.57 Å². The van der Waals surface area contributed by atoms with Gasteiger partial charge in [-0.15, -0.1) is 5.73 Å². The molecule has 0 aromatic heterocycles. The monoisotopic (exact) mass is 230 g/mol. The summed E-state index contributed by atoms with van der Waals surface area (Å²) in [4.78, 5) is 0. The van der Waals surface area contributed by atoms with Gasteiger partial charge in [0.25, 0.3) is 0 Å². The van der Waals surface area contributed by atoms with Gasteiger partial charge < -0.3 is 0 Å². The molecule has 1 unspecified atom stereocenters. The van der Waals surface area contributed by atoms with Gasteiger partial charge in [0.2, 0.25) is 0 Å². The first-order chi connectivity index (χ1) is 7.77. The molecule has 1 atom stereocenters. The summed E-state index contributed by atoms with van der Waals surface area (Å²) in [6.45, 7) is 17.1. The molecule has 0 aliphatic heterocycles. The van der Waals surface area contributed by atoms with Crippen LogP contribution in [-0.4, -0.2) is 0 Å². The van der Waals surface area contributed by atoms with Gasteiger partial charge in [-0.2, -0.15) is 0 Å². The lowest BCUT2D eigenvalue weighted by atomic mass is 9.81. The first kappa shape index (κ1) is 15.7. The highest BCUT2D eigenvalue weighted by Gasteiger charge is 2.17. The number of allylic oxidation sites excluding steroid dienone is 6. The molecular weight excluding hydrogens is 204 g/mol. The zero-order chi connectivity index (χ0) is 13.5. The summed E-state index contributed by atoms with van der Waals surface area (Å²) in [7, 11) is 0. The molecule has 0 heterocycles. The van der Waals surface area contributed by atoms with Crippen molar-refractivity contribution in [3.63, 3.8) is 0 Å². The molecule has 0 radical (unpaired) electrons. The summed E-state index contributed by atoms with van der Waals surface area (Å²) >= 11 is 0. The fraction of sp³-hybridized carbons (Fsp3) is 0.471. The van der Waals surface area contributed by atoms with Crippen LogP contribution in [0.5, 0.6) is 0 Å². The molecule has 0 bridgehead atoms. The summed E-state index contributed by atoms with van der Waals surface area (Å²) in [5, 5.41) is 0. The van der Waals surface area contributed by atoms with Crippen molar-refractivity contribution < 1.29 is 0 Å². The molecule has 0 N–H and O–H groups in total. The van der Waals surface area contributed by atoms with Crippen molar-refractivity contribution in [3.05, 3.63) is 53.8 Å². The Labute approximate surface area is 107 Å². The van der Waals surface area contributed by atoms with Crippen molar-refractivity contribution in [3.8, 4) is 0 Å². The van der Waals surface area contributed by atoms with Crippen LogP contribution >= 0.6 is 0 Å². The molecule has 0 aromatic carbocycles. The van der Waals surface area contributed by atoms with Crippen molar-refractivity contribution in [1.29, 1.82) is 0 Å². The SMILES string of the molecule is C=C(C=C=CC)C=CC(C)=CC(C)C(C)(C)C. The predicted octanol–water partition coefficient (Wildman–Crippen LogP) is 5.46. The number of hydrogen-bond donors (Lipinski definition) is 0. The largest absolute Gasteiger partial charge is 0.125 e. The van der Waals surface area contributed by atoms with Crippen molar-refractivity contribution in [2.75, 3.05) is 0 Å². The Morgan fingerprint density at radius 1 is 1.24 bits per heavy atom. The second kappa shape index (κ2) is 7.14. The molecule has 0 heteroatoms. The molecule has 0 amide bonds. The average molecular weight is 230 g/mol. The maximum atomic E-state index is 3.94. The Kier molecular flexibility index (Phi) is 6.61. The van der Waals surface area contributed by atoms with Crippen LogP contribution in [0.2, 0.25) is 0 Å². The molecule has 0 rings (SSSR count). The van der Waals surface area contributed by atoms with Gasteiger partial charge in [0, 0.05) is 0 Å². The third kappa shape index (κ3) is 7.60. The molecule has 0 aliphatic rings. The Balaban J connectivity index is 4.60. The first-order valence-corrected chi connectivity index (χ1v) is 6.20. The quantitative estimate of drug-likeness (QED) is 0.444. The molecular formula is C17H26. The Bertz CT molecular complexity index is 363. The van der Waals surface area contributed by atoms with E-state index < -0.39 is 0 Å². The summed E-state index contributed by atoms with van der Waals surface area (Å²) in [6.07, 6.45) is 10.2. The number of rotatable bonds is 4. The van der Waals surface area contributed by atoms with E-state index in [-0.39, 0.29) is 0 Å². The van der Waals surface area contributed by atoms with Gasteiger partial charge in [0.15, 0.2) is 0 Å². The third-order valence-corrected chi connectivity index (χ3v) is 2.87. The second-order valence-electron chi connectivity index (χ2n) is 5.57. The molecule has 0 nitrogen and oxygen atoms in total. The van der Waals surface area contributed by atoms with Crippen molar-refractivity contribution >= 4 is 0 Å². The molecule has 0 fully saturated rings. The van der Waals surface area contributed by atoms with Crippen LogP contribution in [0.3, 0.4) is 0 Å². The van der Waals surface area contributed by atoms with Crippen LogP contribution < -0.4 is 0 Å². The smallest absolute Gasteiger partial charge is 0.0137 e. The second-order valence-corrected chi connectivity index (χ2v) is 5.57. The minimum absolute atomic E-state index is 0.316. The topological polar surface area (TPSA) is 0 Å². The van der Waals surface area contributed by atoms with E-state index in [0.29, 0.717) is 11.3 Å². The van der Waals surface area contributed by atoms with Gasteiger partial charge in [-0.05, 0) is 42.9 Å². The highest BCUT2D eigenvalue weighted by Crippen LogP contribution is 2.27. The van der Waals surface area contributed by atoms with Crippen LogP contribution in [0, 0.1) is 11.3 Å². The molecule has 0 saturated carbocycles. The molecule has 94 valence electrons. The van der Waals surface area contributed by atoms with E-state index in [2.05, 4.69) is 59.1 Å². The maximum Gasteiger partial charge on any atom is -0.0137 e. The fourth-order valence-electron chi connectivity index (χ4n) is 1.18. The summed E-state index contributed by atoms with van der Waals surface area (Å²) in [5.74, 6) is 0.562. The summed E-state index contributed by atoms with van der Waals surface area (Å²) in [5.41, 5.74) is 5.58. The molecule has 0 spiro atoms. The van der Waals surface area contributed by atoms with Gasteiger partial charge in [0.05, 0.1) is 0 Å². The number of hydrogen-bond acceptors (Lipinski definition) is 0. The molecule has 0 saturated heterocycles. The van der Waals surface area contributed by atoms with E-state index in [9.17, 15) is 0 Å². The normalized spacial score (nSPS) is 14.4. The van der Waals surface area contributed by atoms with Crippen LogP contribution in [0.1, 0.15) is 41.5 Å². The standard InChI is InChI=1S/C17H26/c1-8-9-10-14(2)11-12-15(3)13-16(4)17(5,6)7/h8,10-13,16H,2H2,1,3-7H3. The predicted molar refractivity (Wildman–Crippen MR) is 79.0 cm³/mol. The third-order valence-electron chi connectivity index (χ3n) is 2.87. The van der Waals surface area contributed by atoms with Crippen molar-refractivity contribution in [2.24, 2.45) is 11.3 Å². The lowest BCUT2D eigenvalue weighted by Crippen LogP contribution is -2.15. The lowest BCUT2D eigenvalue weighted by molar-refractivity contribution is 0.313. The first-order valence-electron chi connectivity index (χ1n) is 6.20. The van der Waals surface area contributed by atoms with Crippen LogP contribution in [0.25, 0.3) is 0 Å². The van der Waals surface area contributed by atoms with Gasteiger partial charge in [-0.3, -0.25) is 0 Å². The van der Waals surface area contributed by atoms with E-state index in [1.807, 2.05) is 25.2 Å². The molecule has 0 aliphatic carbocycles. The zero-order valence-corrected chi connectivity index (χ0v) is 12.2. The van der Waals surface area contributed by atoms with Crippen molar-refractivity contribution in [1.82, 2.24) is 0 Å². The Morgan fingerprint density at radius 3 is 2.29 bits per heavy atom. The maximum absolute atomic E-state index is 3.94. The highest BCUT2D eigenvalue weighted by molar-refractivity contribution is 5.32. The fourth-order valence-corrected chi connectivity index (χ4v) is 1.18.